The Morgan fingerprint density at radius 1 is 0.533 bits per heavy atom. The summed E-state index contributed by atoms with van der Waals surface area (Å²) >= 11 is 0. The van der Waals surface area contributed by atoms with Gasteiger partial charge in [0.05, 0.1) is 0 Å². The van der Waals surface area contributed by atoms with Crippen LogP contribution in [0.1, 0.15) is 11.1 Å². The van der Waals surface area contributed by atoms with Crippen LogP contribution in [0, 0.1) is 13.8 Å². The van der Waals surface area contributed by atoms with E-state index in [0.717, 1.165) is 11.1 Å². The van der Waals surface area contributed by atoms with Crippen molar-refractivity contribution in [1.82, 2.24) is 0 Å². The quantitative estimate of drug-likeness (QED) is 0.496. The van der Waals surface area contributed by atoms with Crippen LogP contribution in [0.15, 0.2) is 60.7 Å². The summed E-state index contributed by atoms with van der Waals surface area (Å²) in [5.74, 6) is 0. The van der Waals surface area contributed by atoms with Gasteiger partial charge in [0.15, 0.2) is 0 Å². The van der Waals surface area contributed by atoms with Crippen LogP contribution in [0.3, 0.4) is 0 Å². The van der Waals surface area contributed by atoms with Gasteiger partial charge in [-0.05, 0) is 0 Å². The van der Waals surface area contributed by atoms with Gasteiger partial charge in [-0.1, -0.05) is 12.1 Å². The second-order valence-corrected chi connectivity index (χ2v) is 2.97. The summed E-state index contributed by atoms with van der Waals surface area (Å²) in [6.45, 7) is 7.44. The summed E-state index contributed by atoms with van der Waals surface area (Å²) in [5.41, 5.74) is 2.14. The fraction of sp³-hybridized carbons (Fsp3) is 0. The van der Waals surface area contributed by atoms with E-state index in [1.54, 1.807) is 0 Å². The van der Waals surface area contributed by atoms with Crippen LogP contribution in [0.25, 0.3) is 0 Å². The first-order valence-electron chi connectivity index (χ1n) is 4.53. The molecular formula is C14H14Hf+2. The Morgan fingerprint density at radius 2 is 0.800 bits per heavy atom. The summed E-state index contributed by atoms with van der Waals surface area (Å²) in [5, 5.41) is 0. The molecule has 0 aliphatic rings. The summed E-state index contributed by atoms with van der Waals surface area (Å²) in [4.78, 5) is 0. The van der Waals surface area contributed by atoms with Crippen LogP contribution in [-0.2, 0) is 25.8 Å². The van der Waals surface area contributed by atoms with Crippen molar-refractivity contribution in [2.24, 2.45) is 0 Å². The van der Waals surface area contributed by atoms with Crippen molar-refractivity contribution in [3.63, 3.8) is 0 Å². The van der Waals surface area contributed by atoms with E-state index < -0.39 is 0 Å². The second kappa shape index (κ2) is 8.37. The van der Waals surface area contributed by atoms with Gasteiger partial charge in [0, 0.05) is 0 Å². The van der Waals surface area contributed by atoms with Gasteiger partial charge >= 0.3 is 25.8 Å². The van der Waals surface area contributed by atoms with Gasteiger partial charge in [0.1, 0.15) is 0 Å². The molecule has 0 bridgehead atoms. The zero-order valence-electron chi connectivity index (χ0n) is 8.69. The molecule has 0 aliphatic heterocycles. The Labute approximate surface area is 111 Å². The molecule has 2 rings (SSSR count). The normalized spacial score (nSPS) is 8.00. The Morgan fingerprint density at radius 3 is 0.933 bits per heavy atom. The molecule has 1 heteroatoms. The number of hydrogen-bond acceptors (Lipinski definition) is 0. The predicted octanol–water partition coefficient (Wildman–Crippen LogP) is 3.74. The van der Waals surface area contributed by atoms with Crippen molar-refractivity contribution in [3.8, 4) is 0 Å². The smallest absolute Gasteiger partial charge is 0.199 e. The van der Waals surface area contributed by atoms with Gasteiger partial charge in [0.25, 0.3) is 0 Å². The van der Waals surface area contributed by atoms with Crippen LogP contribution < -0.4 is 0 Å². The van der Waals surface area contributed by atoms with E-state index in [1.165, 1.54) is 0 Å². The number of rotatable bonds is 0. The van der Waals surface area contributed by atoms with E-state index in [2.05, 4.69) is 13.8 Å². The third-order valence-electron chi connectivity index (χ3n) is 1.69. The Hall–Kier alpha value is -0.950. The molecule has 0 N–H and O–H groups in total. The minimum Gasteiger partial charge on any atom is -0.199 e. The molecule has 0 amide bonds. The monoisotopic (exact) mass is 362 g/mol. The third-order valence-corrected chi connectivity index (χ3v) is 1.69. The molecule has 0 saturated heterocycles. The Kier molecular flexibility index (Phi) is 7.84. The van der Waals surface area contributed by atoms with Crippen LogP contribution in [-0.4, -0.2) is 0 Å². The molecule has 0 saturated carbocycles. The van der Waals surface area contributed by atoms with Gasteiger partial charge in [-0.3, -0.25) is 0 Å². The van der Waals surface area contributed by atoms with E-state index in [0.29, 0.717) is 0 Å². The maximum Gasteiger partial charge on any atom is 4.00 e. The largest absolute Gasteiger partial charge is 4.00 e. The standard InChI is InChI=1S/2C7H7.Hf/c2*1-7-5-3-2-4-6-7;/h2*2-6H,1H2;/q2*-1;+4. The molecule has 0 fully saturated rings. The maximum atomic E-state index is 3.72. The van der Waals surface area contributed by atoms with Crippen molar-refractivity contribution in [3.05, 3.63) is 85.6 Å². The zero-order chi connectivity index (χ0) is 10.2. The second-order valence-electron chi connectivity index (χ2n) is 2.97. The maximum absolute atomic E-state index is 3.72. The molecule has 72 valence electrons. The predicted molar refractivity (Wildman–Crippen MR) is 61.8 cm³/mol. The van der Waals surface area contributed by atoms with Crippen molar-refractivity contribution in [1.29, 1.82) is 0 Å². The number of benzene rings is 2. The molecule has 0 radical (unpaired) electrons. The number of hydrogen-bond donors (Lipinski definition) is 0. The average molecular weight is 361 g/mol. The van der Waals surface area contributed by atoms with Crippen molar-refractivity contribution >= 4 is 0 Å². The van der Waals surface area contributed by atoms with E-state index in [4.69, 9.17) is 0 Å². The summed E-state index contributed by atoms with van der Waals surface area (Å²) in [7, 11) is 0. The SMILES string of the molecule is [CH2-]c1ccccc1.[CH2-]c1ccccc1.[Hf+4]. The van der Waals surface area contributed by atoms with Crippen molar-refractivity contribution in [2.45, 2.75) is 0 Å². The van der Waals surface area contributed by atoms with E-state index in [9.17, 15) is 0 Å². The van der Waals surface area contributed by atoms with Crippen LogP contribution >= 0.6 is 0 Å². The first-order valence-corrected chi connectivity index (χ1v) is 4.53. The molecule has 0 heterocycles. The minimum absolute atomic E-state index is 0. The Balaban J connectivity index is 0.000000245. The van der Waals surface area contributed by atoms with E-state index in [1.807, 2.05) is 60.7 Å². The molecule has 0 unspecified atom stereocenters. The van der Waals surface area contributed by atoms with E-state index >= 15 is 0 Å². The van der Waals surface area contributed by atoms with Crippen LogP contribution in [0.5, 0.6) is 0 Å². The molecule has 0 aliphatic carbocycles. The molecular weight excluding hydrogens is 347 g/mol. The van der Waals surface area contributed by atoms with Gasteiger partial charge in [-0.15, -0.1) is 24.3 Å². The van der Waals surface area contributed by atoms with E-state index in [-0.39, 0.29) is 25.8 Å². The topological polar surface area (TPSA) is 0 Å². The third kappa shape index (κ3) is 7.04. The van der Waals surface area contributed by atoms with Crippen LogP contribution in [0.4, 0.5) is 0 Å². The molecule has 2 aromatic rings. The molecule has 0 aromatic heterocycles. The molecule has 0 spiro atoms. The van der Waals surface area contributed by atoms with Crippen molar-refractivity contribution in [2.75, 3.05) is 0 Å². The summed E-state index contributed by atoms with van der Waals surface area (Å²) in [6, 6.07) is 19.7. The fourth-order valence-electron chi connectivity index (χ4n) is 0.956. The average Bonchev–Trinajstić information content (AvgIpc) is 2.21. The first kappa shape index (κ1) is 14.1. The van der Waals surface area contributed by atoms with Gasteiger partial charge < -0.3 is 0 Å². The zero-order valence-corrected chi connectivity index (χ0v) is 12.3. The Bertz CT molecular complexity index is 303. The van der Waals surface area contributed by atoms with Crippen LogP contribution in [0.2, 0.25) is 0 Å². The molecule has 15 heavy (non-hydrogen) atoms. The van der Waals surface area contributed by atoms with Crippen molar-refractivity contribution < 1.29 is 25.8 Å². The van der Waals surface area contributed by atoms with Gasteiger partial charge in [0.2, 0.25) is 0 Å². The summed E-state index contributed by atoms with van der Waals surface area (Å²) in [6.07, 6.45) is 0. The molecule has 2 aromatic carbocycles. The molecule has 0 atom stereocenters. The van der Waals surface area contributed by atoms with Gasteiger partial charge in [-0.25, -0.2) is 0 Å². The molecule has 0 nitrogen and oxygen atoms in total. The first-order chi connectivity index (χ1) is 6.79. The van der Waals surface area contributed by atoms with Gasteiger partial charge in [-0.2, -0.15) is 49.2 Å². The fourth-order valence-corrected chi connectivity index (χ4v) is 0.956. The summed E-state index contributed by atoms with van der Waals surface area (Å²) < 4.78 is 0. The minimum atomic E-state index is 0.